The standard InChI is InChI=1S/C23H24F3N3/c1-14-2-3-16-10-18(25)12-21-23(16)29(14)22(27-21)13-28-8-6-15(7-9-28)19-5-4-17(24)11-20(19)26/h4-5,10-12,14-15H,2-3,6-9,13H2,1H3. The molecule has 0 aliphatic carbocycles. The summed E-state index contributed by atoms with van der Waals surface area (Å²) in [4.78, 5) is 7.10. The van der Waals surface area contributed by atoms with E-state index < -0.39 is 11.6 Å². The second-order valence-corrected chi connectivity index (χ2v) is 8.43. The van der Waals surface area contributed by atoms with Gasteiger partial charge in [-0.15, -0.1) is 0 Å². The molecular weight excluding hydrogens is 375 g/mol. The van der Waals surface area contributed by atoms with E-state index >= 15 is 0 Å². The summed E-state index contributed by atoms with van der Waals surface area (Å²) in [6.45, 7) is 4.57. The number of aromatic nitrogens is 2. The van der Waals surface area contributed by atoms with Crippen LogP contribution in [0, 0.1) is 17.5 Å². The summed E-state index contributed by atoms with van der Waals surface area (Å²) in [5.41, 5.74) is 3.47. The van der Waals surface area contributed by atoms with Crippen molar-refractivity contribution in [2.45, 2.75) is 51.1 Å². The minimum Gasteiger partial charge on any atom is -0.324 e. The summed E-state index contributed by atoms with van der Waals surface area (Å²) < 4.78 is 43.5. The van der Waals surface area contributed by atoms with Gasteiger partial charge in [0.1, 0.15) is 23.3 Å². The van der Waals surface area contributed by atoms with Crippen molar-refractivity contribution in [2.75, 3.05) is 13.1 Å². The fourth-order valence-corrected chi connectivity index (χ4v) is 5.03. The van der Waals surface area contributed by atoms with Crippen LogP contribution in [0.1, 0.15) is 55.1 Å². The molecule has 6 heteroatoms. The molecule has 1 unspecified atom stereocenters. The van der Waals surface area contributed by atoms with Crippen LogP contribution < -0.4 is 0 Å². The lowest BCUT2D eigenvalue weighted by Crippen LogP contribution is -2.34. The lowest BCUT2D eigenvalue weighted by Gasteiger charge is -2.33. The van der Waals surface area contributed by atoms with Crippen LogP contribution in [-0.4, -0.2) is 27.5 Å². The second-order valence-electron chi connectivity index (χ2n) is 8.43. The Bertz CT molecular complexity index is 1070. The molecule has 1 aromatic heterocycles. The Morgan fingerprint density at radius 3 is 2.55 bits per heavy atom. The van der Waals surface area contributed by atoms with E-state index in [2.05, 4.69) is 16.4 Å². The number of hydrogen-bond donors (Lipinski definition) is 0. The molecule has 0 amide bonds. The predicted molar refractivity (Wildman–Crippen MR) is 106 cm³/mol. The van der Waals surface area contributed by atoms with Gasteiger partial charge in [0.15, 0.2) is 0 Å². The molecule has 0 bridgehead atoms. The Balaban J connectivity index is 1.35. The Labute approximate surface area is 168 Å². The van der Waals surface area contributed by atoms with Gasteiger partial charge < -0.3 is 4.57 Å². The summed E-state index contributed by atoms with van der Waals surface area (Å²) in [5, 5.41) is 0. The van der Waals surface area contributed by atoms with Crippen molar-refractivity contribution >= 4 is 11.0 Å². The maximum absolute atomic E-state index is 14.1. The number of aryl methyl sites for hydroxylation is 1. The maximum Gasteiger partial charge on any atom is 0.129 e. The predicted octanol–water partition coefficient (Wildman–Crippen LogP) is 5.34. The molecule has 2 aliphatic rings. The van der Waals surface area contributed by atoms with E-state index in [0.717, 1.165) is 67.3 Å². The largest absolute Gasteiger partial charge is 0.324 e. The number of piperidine rings is 1. The van der Waals surface area contributed by atoms with E-state index in [0.29, 0.717) is 18.2 Å². The second kappa shape index (κ2) is 7.17. The Morgan fingerprint density at radius 1 is 1.00 bits per heavy atom. The van der Waals surface area contributed by atoms with Crippen LogP contribution >= 0.6 is 0 Å². The minimum atomic E-state index is -0.533. The summed E-state index contributed by atoms with van der Waals surface area (Å²) in [7, 11) is 0. The number of likely N-dealkylation sites (tertiary alicyclic amines) is 1. The van der Waals surface area contributed by atoms with Gasteiger partial charge in [0.05, 0.1) is 17.6 Å². The molecule has 3 heterocycles. The molecule has 2 aromatic carbocycles. The highest BCUT2D eigenvalue weighted by Crippen LogP contribution is 2.35. The highest BCUT2D eigenvalue weighted by molar-refractivity contribution is 5.80. The van der Waals surface area contributed by atoms with E-state index in [4.69, 9.17) is 4.98 Å². The Kier molecular flexibility index (Phi) is 4.62. The van der Waals surface area contributed by atoms with Crippen LogP contribution in [0.15, 0.2) is 30.3 Å². The van der Waals surface area contributed by atoms with Gasteiger partial charge in [0, 0.05) is 18.2 Å². The smallest absolute Gasteiger partial charge is 0.129 e. The molecule has 3 nitrogen and oxygen atoms in total. The van der Waals surface area contributed by atoms with Gasteiger partial charge in [-0.25, -0.2) is 18.2 Å². The van der Waals surface area contributed by atoms with Gasteiger partial charge in [-0.1, -0.05) is 6.07 Å². The van der Waals surface area contributed by atoms with E-state index in [1.807, 2.05) is 0 Å². The number of imidazole rings is 1. The Morgan fingerprint density at radius 2 is 1.79 bits per heavy atom. The molecule has 1 saturated heterocycles. The zero-order chi connectivity index (χ0) is 20.1. The highest BCUT2D eigenvalue weighted by Gasteiger charge is 2.27. The number of rotatable bonds is 3. The average Bonchev–Trinajstić information content (AvgIpc) is 3.04. The zero-order valence-corrected chi connectivity index (χ0v) is 16.5. The number of hydrogen-bond acceptors (Lipinski definition) is 2. The van der Waals surface area contributed by atoms with Gasteiger partial charge in [-0.3, -0.25) is 4.90 Å². The molecular formula is C23H24F3N3. The highest BCUT2D eigenvalue weighted by atomic mass is 19.1. The first-order chi connectivity index (χ1) is 14.0. The third kappa shape index (κ3) is 3.33. The lowest BCUT2D eigenvalue weighted by atomic mass is 9.89. The fraction of sp³-hybridized carbons (Fsp3) is 0.435. The lowest BCUT2D eigenvalue weighted by molar-refractivity contribution is 0.195. The normalized spacial score (nSPS) is 20.5. The molecule has 0 saturated carbocycles. The molecule has 0 radical (unpaired) electrons. The SMILES string of the molecule is CC1CCc2cc(F)cc3nc(CN4CCC(c5ccc(F)cc5F)CC4)n1c23. The quantitative estimate of drug-likeness (QED) is 0.593. The van der Waals surface area contributed by atoms with Crippen LogP contribution in [0.3, 0.4) is 0 Å². The first kappa shape index (κ1) is 18.7. The van der Waals surface area contributed by atoms with Crippen molar-refractivity contribution in [1.82, 2.24) is 14.5 Å². The molecule has 3 aromatic rings. The molecule has 0 N–H and O–H groups in total. The summed E-state index contributed by atoms with van der Waals surface area (Å²) in [6.07, 6.45) is 3.53. The van der Waals surface area contributed by atoms with Gasteiger partial charge in [0.2, 0.25) is 0 Å². The maximum atomic E-state index is 14.1. The van der Waals surface area contributed by atoms with E-state index in [-0.39, 0.29) is 11.7 Å². The van der Waals surface area contributed by atoms with Gasteiger partial charge in [0.25, 0.3) is 0 Å². The van der Waals surface area contributed by atoms with Crippen LogP contribution in [0.4, 0.5) is 13.2 Å². The molecule has 2 aliphatic heterocycles. The molecule has 1 fully saturated rings. The third-order valence-electron chi connectivity index (χ3n) is 6.53. The van der Waals surface area contributed by atoms with Gasteiger partial charge >= 0.3 is 0 Å². The van der Waals surface area contributed by atoms with Gasteiger partial charge in [-0.05, 0) is 74.9 Å². The molecule has 1 atom stereocenters. The molecule has 0 spiro atoms. The van der Waals surface area contributed by atoms with E-state index in [9.17, 15) is 13.2 Å². The average molecular weight is 399 g/mol. The van der Waals surface area contributed by atoms with E-state index in [1.54, 1.807) is 12.1 Å². The van der Waals surface area contributed by atoms with Crippen molar-refractivity contribution in [2.24, 2.45) is 0 Å². The van der Waals surface area contributed by atoms with Crippen molar-refractivity contribution in [3.05, 3.63) is 64.7 Å². The fourth-order valence-electron chi connectivity index (χ4n) is 5.03. The van der Waals surface area contributed by atoms with Crippen molar-refractivity contribution in [3.8, 4) is 0 Å². The molecule has 5 rings (SSSR count). The van der Waals surface area contributed by atoms with Crippen molar-refractivity contribution < 1.29 is 13.2 Å². The first-order valence-electron chi connectivity index (χ1n) is 10.4. The monoisotopic (exact) mass is 399 g/mol. The number of benzene rings is 2. The van der Waals surface area contributed by atoms with Crippen LogP contribution in [0.25, 0.3) is 11.0 Å². The Hall–Kier alpha value is -2.34. The van der Waals surface area contributed by atoms with Crippen LogP contribution in [0.5, 0.6) is 0 Å². The first-order valence-corrected chi connectivity index (χ1v) is 10.4. The summed E-state index contributed by atoms with van der Waals surface area (Å²) >= 11 is 0. The zero-order valence-electron chi connectivity index (χ0n) is 16.5. The van der Waals surface area contributed by atoms with Crippen molar-refractivity contribution in [3.63, 3.8) is 0 Å². The number of nitrogens with zero attached hydrogens (tertiary/aromatic N) is 3. The summed E-state index contributed by atoms with van der Waals surface area (Å²) in [5.74, 6) is -0.111. The topological polar surface area (TPSA) is 21.1 Å². The van der Waals surface area contributed by atoms with E-state index in [1.165, 1.54) is 12.1 Å². The minimum absolute atomic E-state index is 0.115. The third-order valence-corrected chi connectivity index (χ3v) is 6.53. The summed E-state index contributed by atoms with van der Waals surface area (Å²) in [6, 6.07) is 7.40. The molecule has 29 heavy (non-hydrogen) atoms. The van der Waals surface area contributed by atoms with Gasteiger partial charge in [-0.2, -0.15) is 0 Å². The van der Waals surface area contributed by atoms with Crippen LogP contribution in [0.2, 0.25) is 0 Å². The molecule has 152 valence electrons. The number of halogens is 3. The van der Waals surface area contributed by atoms with Crippen molar-refractivity contribution in [1.29, 1.82) is 0 Å². The van der Waals surface area contributed by atoms with Crippen LogP contribution in [-0.2, 0) is 13.0 Å².